The molecule has 0 unspecified atom stereocenters. The molecule has 2 aromatic heterocycles. The second-order valence-electron chi connectivity index (χ2n) is 7.03. The van der Waals surface area contributed by atoms with E-state index in [1.165, 1.54) is 0 Å². The summed E-state index contributed by atoms with van der Waals surface area (Å²) in [6.07, 6.45) is 5.89. The molecule has 0 aliphatic heterocycles. The largest absolute Gasteiger partial charge is 0.508 e. The third kappa shape index (κ3) is 4.52. The Balaban J connectivity index is 1.56. The van der Waals surface area contributed by atoms with Crippen LogP contribution in [0, 0.1) is 6.57 Å². The van der Waals surface area contributed by atoms with Crippen LogP contribution in [0.5, 0.6) is 5.75 Å². The van der Waals surface area contributed by atoms with E-state index in [2.05, 4.69) is 9.83 Å². The lowest BCUT2D eigenvalue weighted by molar-refractivity contribution is 0.416. The molecule has 6 nitrogen and oxygen atoms in total. The highest BCUT2D eigenvalue weighted by Gasteiger charge is 2.09. The monoisotopic (exact) mass is 430 g/mol. The minimum Gasteiger partial charge on any atom is -0.508 e. The van der Waals surface area contributed by atoms with Crippen molar-refractivity contribution in [3.8, 4) is 11.4 Å². The summed E-state index contributed by atoms with van der Waals surface area (Å²) in [6.45, 7) is 7.79. The van der Waals surface area contributed by atoms with Crippen molar-refractivity contribution in [3.05, 3.63) is 117 Å². The molecule has 31 heavy (non-hydrogen) atoms. The lowest BCUT2D eigenvalue weighted by Gasteiger charge is -2.11. The van der Waals surface area contributed by atoms with Crippen LogP contribution in [-0.2, 0) is 13.0 Å². The molecule has 0 N–H and O–H groups in total. The number of aromatic nitrogens is 3. The fraction of sp³-hybridized carbons (Fsp3) is 0.125. The molecule has 0 fully saturated rings. The molecule has 0 aliphatic carbocycles. The van der Waals surface area contributed by atoms with Crippen LogP contribution in [0.4, 0.5) is 5.69 Å². The van der Waals surface area contributed by atoms with Gasteiger partial charge >= 0.3 is 0 Å². The van der Waals surface area contributed by atoms with Crippen LogP contribution in [0.2, 0.25) is 5.02 Å². The number of imidazole rings is 1. The molecule has 4 aromatic rings. The highest BCUT2D eigenvalue weighted by Crippen LogP contribution is 2.28. The molecule has 0 atom stereocenters. The SMILES string of the molecule is [C-]#[N+]c1ccc(Cn2cncc2Cc2ccn(-c3cccc(Cl)c3)c(=O)c2)cc1OC. The molecule has 154 valence electrons. The average Bonchev–Trinajstić information content (AvgIpc) is 3.20. The van der Waals surface area contributed by atoms with E-state index in [9.17, 15) is 4.79 Å². The molecule has 2 aromatic carbocycles. The number of methoxy groups -OCH3 is 1. The van der Waals surface area contributed by atoms with Crippen molar-refractivity contribution in [1.29, 1.82) is 0 Å². The Bertz CT molecular complexity index is 1330. The fourth-order valence-electron chi connectivity index (χ4n) is 3.43. The van der Waals surface area contributed by atoms with Gasteiger partial charge in [0.05, 0.1) is 25.7 Å². The summed E-state index contributed by atoms with van der Waals surface area (Å²) in [6, 6.07) is 16.3. The summed E-state index contributed by atoms with van der Waals surface area (Å²) in [7, 11) is 1.56. The van der Waals surface area contributed by atoms with E-state index in [4.69, 9.17) is 22.9 Å². The van der Waals surface area contributed by atoms with Gasteiger partial charge in [-0.05, 0) is 41.5 Å². The van der Waals surface area contributed by atoms with Crippen LogP contribution < -0.4 is 10.3 Å². The predicted octanol–water partition coefficient (Wildman–Crippen LogP) is 4.89. The molecule has 7 heteroatoms. The van der Waals surface area contributed by atoms with Gasteiger partial charge in [-0.3, -0.25) is 9.36 Å². The summed E-state index contributed by atoms with van der Waals surface area (Å²) in [5.74, 6) is 0.554. The Morgan fingerprint density at radius 1 is 1.13 bits per heavy atom. The van der Waals surface area contributed by atoms with Crippen LogP contribution in [0.15, 0.2) is 78.1 Å². The van der Waals surface area contributed by atoms with Gasteiger partial charge in [-0.15, -0.1) is 0 Å². The van der Waals surface area contributed by atoms with Crippen molar-refractivity contribution < 1.29 is 4.74 Å². The number of hydrogen-bond acceptors (Lipinski definition) is 3. The lowest BCUT2D eigenvalue weighted by atomic mass is 10.1. The molecule has 0 saturated heterocycles. The normalized spacial score (nSPS) is 10.6. The first-order chi connectivity index (χ1) is 15.1. The van der Waals surface area contributed by atoms with E-state index in [1.807, 2.05) is 34.9 Å². The Morgan fingerprint density at radius 3 is 2.74 bits per heavy atom. The van der Waals surface area contributed by atoms with E-state index < -0.39 is 0 Å². The van der Waals surface area contributed by atoms with Gasteiger partial charge in [0.25, 0.3) is 5.56 Å². The van der Waals surface area contributed by atoms with Crippen molar-refractivity contribution in [1.82, 2.24) is 14.1 Å². The molecule has 0 radical (unpaired) electrons. The minimum absolute atomic E-state index is 0.120. The average molecular weight is 431 g/mol. The first-order valence-electron chi connectivity index (χ1n) is 9.58. The van der Waals surface area contributed by atoms with Gasteiger partial charge < -0.3 is 9.30 Å². The van der Waals surface area contributed by atoms with Crippen LogP contribution >= 0.6 is 11.6 Å². The smallest absolute Gasteiger partial charge is 0.255 e. The van der Waals surface area contributed by atoms with E-state index in [-0.39, 0.29) is 5.56 Å². The van der Waals surface area contributed by atoms with Gasteiger partial charge in [-0.1, -0.05) is 29.8 Å². The zero-order valence-corrected chi connectivity index (χ0v) is 17.6. The summed E-state index contributed by atoms with van der Waals surface area (Å²) < 4.78 is 8.90. The van der Waals surface area contributed by atoms with Gasteiger partial charge in [-0.2, -0.15) is 0 Å². The second-order valence-corrected chi connectivity index (χ2v) is 7.47. The van der Waals surface area contributed by atoms with Crippen molar-refractivity contribution in [2.45, 2.75) is 13.0 Å². The fourth-order valence-corrected chi connectivity index (χ4v) is 3.61. The lowest BCUT2D eigenvalue weighted by Crippen LogP contribution is -2.17. The van der Waals surface area contributed by atoms with Crippen molar-refractivity contribution >= 4 is 17.3 Å². The van der Waals surface area contributed by atoms with E-state index in [1.54, 1.807) is 54.7 Å². The topological polar surface area (TPSA) is 53.4 Å². The van der Waals surface area contributed by atoms with Gasteiger partial charge in [0, 0.05) is 42.1 Å². The number of ether oxygens (including phenoxy) is 1. The van der Waals surface area contributed by atoms with Gasteiger partial charge in [0.2, 0.25) is 5.69 Å². The maximum atomic E-state index is 12.6. The van der Waals surface area contributed by atoms with Gasteiger partial charge in [0.15, 0.2) is 0 Å². The van der Waals surface area contributed by atoms with Crippen molar-refractivity contribution in [3.63, 3.8) is 0 Å². The zero-order chi connectivity index (χ0) is 21.8. The number of rotatable bonds is 6. The second kappa shape index (κ2) is 8.90. The Kier molecular flexibility index (Phi) is 5.87. The molecule has 4 rings (SSSR count). The molecule has 0 aliphatic rings. The number of nitrogens with zero attached hydrogens (tertiary/aromatic N) is 4. The van der Waals surface area contributed by atoms with E-state index in [0.717, 1.165) is 22.5 Å². The van der Waals surface area contributed by atoms with Crippen LogP contribution in [0.1, 0.15) is 16.8 Å². The number of hydrogen-bond donors (Lipinski definition) is 0. The summed E-state index contributed by atoms with van der Waals surface area (Å²) in [4.78, 5) is 20.4. The maximum Gasteiger partial charge on any atom is 0.255 e. The van der Waals surface area contributed by atoms with Gasteiger partial charge in [0.1, 0.15) is 5.75 Å². The van der Waals surface area contributed by atoms with Crippen molar-refractivity contribution in [2.24, 2.45) is 0 Å². The molecule has 2 heterocycles. The van der Waals surface area contributed by atoms with E-state index in [0.29, 0.717) is 29.4 Å². The molecule has 0 spiro atoms. The highest BCUT2D eigenvalue weighted by atomic mass is 35.5. The van der Waals surface area contributed by atoms with Crippen LogP contribution in [-0.4, -0.2) is 21.2 Å². The van der Waals surface area contributed by atoms with E-state index >= 15 is 0 Å². The maximum absolute atomic E-state index is 12.6. The first-order valence-corrected chi connectivity index (χ1v) is 9.96. The quantitative estimate of drug-likeness (QED) is 0.409. The summed E-state index contributed by atoms with van der Waals surface area (Å²) in [5, 5.41) is 0.582. The third-order valence-electron chi connectivity index (χ3n) is 4.97. The third-order valence-corrected chi connectivity index (χ3v) is 5.21. The molecule has 0 amide bonds. The summed E-state index contributed by atoms with van der Waals surface area (Å²) in [5.41, 5.74) is 3.97. The zero-order valence-electron chi connectivity index (χ0n) is 16.8. The van der Waals surface area contributed by atoms with Crippen LogP contribution in [0.3, 0.4) is 0 Å². The van der Waals surface area contributed by atoms with Gasteiger partial charge in [-0.25, -0.2) is 9.83 Å². The Morgan fingerprint density at radius 2 is 2.00 bits per heavy atom. The predicted molar refractivity (Wildman–Crippen MR) is 120 cm³/mol. The standard InChI is InChI=1S/C24H19ClN4O2/c1-26-22-7-6-18(11-23(22)31-2)15-28-16-27-14-21(28)10-17-8-9-29(24(30)12-17)20-5-3-4-19(25)13-20/h3-9,11-14,16H,10,15H2,2H3. The Labute approximate surface area is 184 Å². The van der Waals surface area contributed by atoms with Crippen LogP contribution in [0.25, 0.3) is 10.5 Å². The number of benzene rings is 2. The van der Waals surface area contributed by atoms with Crippen molar-refractivity contribution in [2.75, 3.05) is 7.11 Å². The minimum atomic E-state index is -0.120. The molecule has 0 bridgehead atoms. The molecular weight excluding hydrogens is 412 g/mol. The summed E-state index contributed by atoms with van der Waals surface area (Å²) >= 11 is 6.05. The molecule has 0 saturated carbocycles. The first kappa shape index (κ1) is 20.5. The highest BCUT2D eigenvalue weighted by molar-refractivity contribution is 6.30. The number of halogens is 1. The molecular formula is C24H19ClN4O2. The Hall–Kier alpha value is -3.82. The number of pyridine rings is 1.